The van der Waals surface area contributed by atoms with Crippen molar-refractivity contribution in [3.63, 3.8) is 0 Å². The maximum Gasteiger partial charge on any atom is 0.191 e. The molecule has 3 rings (SSSR count). The summed E-state index contributed by atoms with van der Waals surface area (Å²) in [7, 11) is 0. The number of hydrogen-bond donors (Lipinski definition) is 2. The Kier molecular flexibility index (Phi) is 10.4. The number of rotatable bonds is 8. The van der Waals surface area contributed by atoms with Gasteiger partial charge in [-0.2, -0.15) is 0 Å². The number of halogens is 1. The zero-order valence-corrected chi connectivity index (χ0v) is 18.0. The van der Waals surface area contributed by atoms with Crippen molar-refractivity contribution < 1.29 is 9.15 Å². The molecule has 0 aromatic carbocycles. The fourth-order valence-electron chi connectivity index (χ4n) is 3.40. The van der Waals surface area contributed by atoms with Gasteiger partial charge in [-0.15, -0.1) is 24.0 Å². The summed E-state index contributed by atoms with van der Waals surface area (Å²) in [5.41, 5.74) is 0. The van der Waals surface area contributed by atoms with E-state index in [0.717, 1.165) is 64.0 Å². The van der Waals surface area contributed by atoms with Gasteiger partial charge in [0.2, 0.25) is 0 Å². The Morgan fingerprint density at radius 1 is 1.19 bits per heavy atom. The highest BCUT2D eigenvalue weighted by Crippen LogP contribution is 2.12. The number of guanidine groups is 1. The Balaban J connectivity index is 0.00000243. The molecule has 2 fully saturated rings. The number of likely N-dealkylation sites (tertiary alicyclic amines) is 1. The van der Waals surface area contributed by atoms with Crippen LogP contribution in [-0.4, -0.2) is 63.3 Å². The summed E-state index contributed by atoms with van der Waals surface area (Å²) in [6, 6.07) is 3.94. The minimum absolute atomic E-state index is 0. The van der Waals surface area contributed by atoms with E-state index >= 15 is 0 Å². The molecule has 0 spiro atoms. The van der Waals surface area contributed by atoms with Crippen LogP contribution in [0, 0.1) is 5.92 Å². The summed E-state index contributed by atoms with van der Waals surface area (Å²) in [6.45, 7) is 7.88. The van der Waals surface area contributed by atoms with Gasteiger partial charge in [0.1, 0.15) is 5.76 Å². The third-order valence-electron chi connectivity index (χ3n) is 4.94. The van der Waals surface area contributed by atoms with E-state index in [2.05, 4.69) is 15.5 Å². The smallest absolute Gasteiger partial charge is 0.191 e. The normalized spacial score (nSPS) is 21.4. The molecule has 1 unspecified atom stereocenters. The van der Waals surface area contributed by atoms with Crippen molar-refractivity contribution >= 4 is 29.9 Å². The minimum atomic E-state index is 0. The van der Waals surface area contributed by atoms with Crippen molar-refractivity contribution in [2.45, 2.75) is 32.1 Å². The Bertz CT molecular complexity index is 498. The van der Waals surface area contributed by atoms with Crippen molar-refractivity contribution in [1.29, 1.82) is 0 Å². The first kappa shape index (κ1) is 21.5. The maximum absolute atomic E-state index is 5.45. The van der Waals surface area contributed by atoms with E-state index in [1.165, 1.54) is 32.4 Å². The number of aliphatic imine (C=N–C) groups is 1. The second-order valence-corrected chi connectivity index (χ2v) is 7.00. The van der Waals surface area contributed by atoms with Crippen LogP contribution in [0.15, 0.2) is 27.8 Å². The van der Waals surface area contributed by atoms with Gasteiger partial charge >= 0.3 is 0 Å². The molecule has 2 aliphatic rings. The molecule has 1 aromatic rings. The average molecular weight is 476 g/mol. The van der Waals surface area contributed by atoms with Gasteiger partial charge in [-0.05, 0) is 44.5 Å². The van der Waals surface area contributed by atoms with E-state index < -0.39 is 0 Å². The van der Waals surface area contributed by atoms with Gasteiger partial charge in [-0.25, -0.2) is 0 Å². The molecule has 7 heteroatoms. The molecule has 0 amide bonds. The Morgan fingerprint density at radius 3 is 2.77 bits per heavy atom. The molecular formula is C19H33IN4O2. The average Bonchev–Trinajstić information content (AvgIpc) is 3.34. The molecule has 3 heterocycles. The molecule has 0 aliphatic carbocycles. The first-order chi connectivity index (χ1) is 12.4. The van der Waals surface area contributed by atoms with Crippen LogP contribution in [0.1, 0.15) is 31.4 Å². The summed E-state index contributed by atoms with van der Waals surface area (Å²) in [5.74, 6) is 2.48. The molecule has 2 saturated heterocycles. The number of nitrogens with zero attached hydrogens (tertiary/aromatic N) is 2. The third-order valence-corrected chi connectivity index (χ3v) is 4.94. The van der Waals surface area contributed by atoms with Crippen LogP contribution < -0.4 is 10.6 Å². The zero-order valence-electron chi connectivity index (χ0n) is 15.6. The summed E-state index contributed by atoms with van der Waals surface area (Å²) >= 11 is 0. The second-order valence-electron chi connectivity index (χ2n) is 7.00. The van der Waals surface area contributed by atoms with Crippen LogP contribution >= 0.6 is 24.0 Å². The Labute approximate surface area is 174 Å². The van der Waals surface area contributed by atoms with Crippen molar-refractivity contribution in [3.05, 3.63) is 24.2 Å². The zero-order chi connectivity index (χ0) is 17.2. The summed E-state index contributed by atoms with van der Waals surface area (Å²) in [4.78, 5) is 7.32. The molecule has 6 nitrogen and oxygen atoms in total. The highest BCUT2D eigenvalue weighted by molar-refractivity contribution is 14.0. The standard InChI is InChI=1S/C19H32N4O2.HI/c1-2-10-23(11-3-1)12-9-21-19(22-15-17-7-14-24-16-17)20-8-6-18-5-4-13-25-18;/h4-5,13,17H,1-3,6-12,14-16H2,(H2,20,21,22);1H. The van der Waals surface area contributed by atoms with Crippen LogP contribution in [0.5, 0.6) is 0 Å². The lowest BCUT2D eigenvalue weighted by Gasteiger charge is -2.26. The molecule has 2 N–H and O–H groups in total. The third kappa shape index (κ3) is 7.84. The maximum atomic E-state index is 5.45. The minimum Gasteiger partial charge on any atom is -0.469 e. The predicted molar refractivity (Wildman–Crippen MR) is 115 cm³/mol. The molecule has 26 heavy (non-hydrogen) atoms. The van der Waals surface area contributed by atoms with Gasteiger partial charge in [0.15, 0.2) is 5.96 Å². The fraction of sp³-hybridized carbons (Fsp3) is 0.737. The van der Waals surface area contributed by atoms with Gasteiger partial charge in [0.05, 0.1) is 12.9 Å². The number of piperidine rings is 1. The quantitative estimate of drug-likeness (QED) is 0.343. The SMILES string of the molecule is I.c1coc(CCNC(=NCC2CCOC2)NCCN2CCCCC2)c1. The fourth-order valence-corrected chi connectivity index (χ4v) is 3.40. The van der Waals surface area contributed by atoms with Crippen molar-refractivity contribution in [2.75, 3.05) is 52.5 Å². The molecule has 1 atom stereocenters. The monoisotopic (exact) mass is 476 g/mol. The number of nitrogens with one attached hydrogen (secondary N) is 2. The molecule has 0 saturated carbocycles. The first-order valence-electron chi connectivity index (χ1n) is 9.75. The van der Waals surface area contributed by atoms with Gasteiger partial charge in [0, 0.05) is 45.1 Å². The Hall–Kier alpha value is -0.800. The first-order valence-corrected chi connectivity index (χ1v) is 9.75. The van der Waals surface area contributed by atoms with Crippen LogP contribution in [0.25, 0.3) is 0 Å². The molecule has 0 bridgehead atoms. The van der Waals surface area contributed by atoms with Crippen molar-refractivity contribution in [3.8, 4) is 0 Å². The predicted octanol–water partition coefficient (Wildman–Crippen LogP) is 2.50. The lowest BCUT2D eigenvalue weighted by Crippen LogP contribution is -2.43. The summed E-state index contributed by atoms with van der Waals surface area (Å²) in [6.07, 6.45) is 7.77. The highest BCUT2D eigenvalue weighted by Gasteiger charge is 2.15. The molecule has 0 radical (unpaired) electrons. The lowest BCUT2D eigenvalue weighted by molar-refractivity contribution is 0.187. The van der Waals surface area contributed by atoms with Crippen LogP contribution in [-0.2, 0) is 11.2 Å². The molecule has 2 aliphatic heterocycles. The molecule has 148 valence electrons. The van der Waals surface area contributed by atoms with Crippen molar-refractivity contribution in [2.24, 2.45) is 10.9 Å². The van der Waals surface area contributed by atoms with Crippen LogP contribution in [0.3, 0.4) is 0 Å². The summed E-state index contributed by atoms with van der Waals surface area (Å²) < 4.78 is 10.8. The van der Waals surface area contributed by atoms with E-state index in [0.29, 0.717) is 5.92 Å². The van der Waals surface area contributed by atoms with E-state index in [1.54, 1.807) is 6.26 Å². The van der Waals surface area contributed by atoms with Crippen LogP contribution in [0.2, 0.25) is 0 Å². The summed E-state index contributed by atoms with van der Waals surface area (Å²) in [5, 5.41) is 6.94. The topological polar surface area (TPSA) is 62.0 Å². The lowest BCUT2D eigenvalue weighted by atomic mass is 10.1. The number of ether oxygens (including phenoxy) is 1. The molecular weight excluding hydrogens is 443 g/mol. The van der Waals surface area contributed by atoms with Crippen molar-refractivity contribution in [1.82, 2.24) is 15.5 Å². The Morgan fingerprint density at radius 2 is 2.04 bits per heavy atom. The number of furan rings is 1. The van der Waals surface area contributed by atoms with Gasteiger partial charge in [-0.3, -0.25) is 4.99 Å². The highest BCUT2D eigenvalue weighted by atomic mass is 127. The van der Waals surface area contributed by atoms with E-state index in [9.17, 15) is 0 Å². The number of hydrogen-bond acceptors (Lipinski definition) is 4. The van der Waals surface area contributed by atoms with Gasteiger partial charge in [0.25, 0.3) is 0 Å². The largest absolute Gasteiger partial charge is 0.469 e. The van der Waals surface area contributed by atoms with Gasteiger partial charge in [-0.1, -0.05) is 6.42 Å². The van der Waals surface area contributed by atoms with Crippen LogP contribution in [0.4, 0.5) is 0 Å². The van der Waals surface area contributed by atoms with E-state index in [4.69, 9.17) is 14.1 Å². The second kappa shape index (κ2) is 12.6. The molecule has 1 aromatic heterocycles. The van der Waals surface area contributed by atoms with E-state index in [-0.39, 0.29) is 24.0 Å². The van der Waals surface area contributed by atoms with E-state index in [1.807, 2.05) is 12.1 Å². The van der Waals surface area contributed by atoms with Gasteiger partial charge < -0.3 is 24.7 Å².